The number of hydrogen-bond donors (Lipinski definition) is 1. The highest BCUT2D eigenvalue weighted by Gasteiger charge is 2.30. The zero-order valence-corrected chi connectivity index (χ0v) is 17.0. The number of carbonyl (C=O) groups is 2. The summed E-state index contributed by atoms with van der Waals surface area (Å²) in [5, 5.41) is 8.04. The van der Waals surface area contributed by atoms with Gasteiger partial charge >= 0.3 is 6.03 Å². The first-order valence-electron chi connectivity index (χ1n) is 10.6. The largest absolute Gasteiger partial charge is 0.378 e. The average Bonchev–Trinajstić information content (AvgIpc) is 3.29. The van der Waals surface area contributed by atoms with Gasteiger partial charge in [0.25, 0.3) is 0 Å². The van der Waals surface area contributed by atoms with Crippen molar-refractivity contribution in [1.82, 2.24) is 34.8 Å². The molecule has 0 bridgehead atoms. The van der Waals surface area contributed by atoms with Crippen molar-refractivity contribution in [2.24, 2.45) is 0 Å². The lowest BCUT2D eigenvalue weighted by atomic mass is 9.99. The molecule has 0 aromatic carbocycles. The summed E-state index contributed by atoms with van der Waals surface area (Å²) in [5.74, 6) is 0.156. The smallest absolute Gasteiger partial charge is 0.320 e. The Labute approximate surface area is 174 Å². The van der Waals surface area contributed by atoms with Gasteiger partial charge in [-0.3, -0.25) is 14.8 Å². The second-order valence-corrected chi connectivity index (χ2v) is 8.10. The van der Waals surface area contributed by atoms with Crippen LogP contribution in [0.4, 0.5) is 4.79 Å². The predicted molar refractivity (Wildman–Crippen MR) is 109 cm³/mol. The van der Waals surface area contributed by atoms with Gasteiger partial charge in [0, 0.05) is 63.9 Å². The first kappa shape index (κ1) is 19.3. The molecule has 30 heavy (non-hydrogen) atoms. The van der Waals surface area contributed by atoms with Crippen LogP contribution in [0.2, 0.25) is 0 Å². The van der Waals surface area contributed by atoms with E-state index in [0.717, 1.165) is 36.1 Å². The van der Waals surface area contributed by atoms with Crippen molar-refractivity contribution in [2.75, 3.05) is 65.6 Å². The van der Waals surface area contributed by atoms with Gasteiger partial charge in [0.1, 0.15) is 0 Å². The van der Waals surface area contributed by atoms with Gasteiger partial charge in [0.2, 0.25) is 5.91 Å². The summed E-state index contributed by atoms with van der Waals surface area (Å²) in [4.78, 5) is 37.8. The molecule has 0 atom stereocenters. The van der Waals surface area contributed by atoms with Crippen LogP contribution in [0.1, 0.15) is 11.1 Å². The van der Waals surface area contributed by atoms with Crippen LogP contribution >= 0.6 is 0 Å². The number of aromatic amines is 1. The zero-order valence-electron chi connectivity index (χ0n) is 17.0. The summed E-state index contributed by atoms with van der Waals surface area (Å²) in [7, 11) is 0. The molecule has 2 saturated heterocycles. The van der Waals surface area contributed by atoms with Crippen molar-refractivity contribution < 1.29 is 14.3 Å². The van der Waals surface area contributed by atoms with Crippen molar-refractivity contribution in [3.8, 4) is 0 Å². The lowest BCUT2D eigenvalue weighted by molar-refractivity contribution is -0.136. The number of urea groups is 1. The fourth-order valence-corrected chi connectivity index (χ4v) is 4.52. The molecule has 5 heterocycles. The molecule has 10 heteroatoms. The Morgan fingerprint density at radius 1 is 0.967 bits per heavy atom. The summed E-state index contributed by atoms with van der Waals surface area (Å²) in [6.07, 6.45) is 4.48. The quantitative estimate of drug-likeness (QED) is 0.739. The van der Waals surface area contributed by atoms with Gasteiger partial charge < -0.3 is 19.4 Å². The van der Waals surface area contributed by atoms with E-state index in [9.17, 15) is 9.59 Å². The minimum absolute atomic E-state index is 0.0760. The fourth-order valence-electron chi connectivity index (χ4n) is 4.52. The first-order chi connectivity index (χ1) is 14.7. The maximum atomic E-state index is 13.1. The zero-order chi connectivity index (χ0) is 20.5. The minimum Gasteiger partial charge on any atom is -0.378 e. The normalized spacial score (nSPS) is 20.5. The number of carbonyl (C=O) groups excluding carboxylic acids is 2. The average molecular weight is 413 g/mol. The molecule has 3 aliphatic rings. The highest BCUT2D eigenvalue weighted by Crippen LogP contribution is 2.25. The third kappa shape index (κ3) is 3.72. The maximum absolute atomic E-state index is 13.1. The van der Waals surface area contributed by atoms with Crippen LogP contribution in [0.15, 0.2) is 12.4 Å². The number of ether oxygens (including phenoxy) is 1. The van der Waals surface area contributed by atoms with E-state index in [-0.39, 0.29) is 11.9 Å². The number of pyridine rings is 1. The molecule has 160 valence electrons. The van der Waals surface area contributed by atoms with E-state index in [1.54, 1.807) is 0 Å². The third-order valence-corrected chi connectivity index (χ3v) is 6.31. The molecular formula is C20H27N7O3. The molecule has 0 spiro atoms. The highest BCUT2D eigenvalue weighted by atomic mass is 16.5. The summed E-state index contributed by atoms with van der Waals surface area (Å²) in [6, 6.07) is 0.0760. The lowest BCUT2D eigenvalue weighted by Gasteiger charge is -2.39. The Balaban J connectivity index is 1.15. The van der Waals surface area contributed by atoms with Crippen molar-refractivity contribution in [2.45, 2.75) is 13.0 Å². The second kappa shape index (κ2) is 8.19. The van der Waals surface area contributed by atoms with E-state index in [2.05, 4.69) is 20.1 Å². The molecule has 0 aliphatic carbocycles. The molecule has 2 aromatic rings. The van der Waals surface area contributed by atoms with Crippen LogP contribution in [-0.2, 0) is 22.5 Å². The number of piperazine rings is 1. The van der Waals surface area contributed by atoms with Gasteiger partial charge in [-0.05, 0) is 17.5 Å². The summed E-state index contributed by atoms with van der Waals surface area (Å²) < 4.78 is 5.31. The van der Waals surface area contributed by atoms with Gasteiger partial charge in [-0.2, -0.15) is 5.10 Å². The van der Waals surface area contributed by atoms with Crippen LogP contribution in [0.3, 0.4) is 0 Å². The molecule has 0 saturated carbocycles. The number of H-pyrrole nitrogens is 1. The lowest BCUT2D eigenvalue weighted by Crippen LogP contribution is -2.55. The second-order valence-electron chi connectivity index (χ2n) is 8.10. The van der Waals surface area contributed by atoms with Crippen molar-refractivity contribution in [3.05, 3.63) is 23.5 Å². The van der Waals surface area contributed by atoms with Crippen LogP contribution in [0.25, 0.3) is 11.0 Å². The van der Waals surface area contributed by atoms with Crippen molar-refractivity contribution in [1.29, 1.82) is 0 Å². The van der Waals surface area contributed by atoms with Gasteiger partial charge in [-0.1, -0.05) is 0 Å². The Kier molecular flexibility index (Phi) is 5.26. The van der Waals surface area contributed by atoms with Crippen LogP contribution in [0, 0.1) is 0 Å². The third-order valence-electron chi connectivity index (χ3n) is 6.31. The summed E-state index contributed by atoms with van der Waals surface area (Å²) >= 11 is 0. The topological polar surface area (TPSA) is 97.9 Å². The van der Waals surface area contributed by atoms with Crippen LogP contribution in [-0.4, -0.2) is 112 Å². The molecule has 2 aromatic heterocycles. The molecule has 5 rings (SSSR count). The van der Waals surface area contributed by atoms with E-state index in [1.807, 2.05) is 27.1 Å². The van der Waals surface area contributed by atoms with Crippen molar-refractivity contribution in [3.63, 3.8) is 0 Å². The summed E-state index contributed by atoms with van der Waals surface area (Å²) in [5.41, 5.74) is 3.14. The number of amides is 3. The van der Waals surface area contributed by atoms with Crippen molar-refractivity contribution >= 4 is 23.0 Å². The Hall–Kier alpha value is -2.72. The van der Waals surface area contributed by atoms with Gasteiger partial charge in [0.15, 0.2) is 5.65 Å². The van der Waals surface area contributed by atoms with E-state index in [0.29, 0.717) is 59.0 Å². The maximum Gasteiger partial charge on any atom is 0.320 e. The monoisotopic (exact) mass is 413 g/mol. The van der Waals surface area contributed by atoms with E-state index >= 15 is 0 Å². The van der Waals surface area contributed by atoms with Crippen LogP contribution < -0.4 is 0 Å². The number of rotatable bonds is 2. The SMILES string of the molecule is O=C(CN1CCN(C(=O)N2CCc3c(cnc4[nH]ncc34)C2)CC1)N1CCOCC1. The Morgan fingerprint density at radius 2 is 1.77 bits per heavy atom. The Morgan fingerprint density at radius 3 is 2.57 bits per heavy atom. The molecule has 0 unspecified atom stereocenters. The Bertz CT molecular complexity index is 932. The minimum atomic E-state index is 0.0760. The number of hydrogen-bond acceptors (Lipinski definition) is 6. The molecular weight excluding hydrogens is 386 g/mol. The van der Waals surface area contributed by atoms with Gasteiger partial charge in [-0.25, -0.2) is 9.78 Å². The molecule has 0 radical (unpaired) electrons. The van der Waals surface area contributed by atoms with Crippen LogP contribution in [0.5, 0.6) is 0 Å². The van der Waals surface area contributed by atoms with Gasteiger partial charge in [0.05, 0.1) is 26.0 Å². The molecule has 1 N–H and O–H groups in total. The van der Waals surface area contributed by atoms with Gasteiger partial charge in [-0.15, -0.1) is 0 Å². The predicted octanol–water partition coefficient (Wildman–Crippen LogP) is -0.0876. The first-order valence-corrected chi connectivity index (χ1v) is 10.6. The number of fused-ring (bicyclic) bond motifs is 3. The molecule has 3 aliphatic heterocycles. The molecule has 3 amide bonds. The standard InChI is InChI=1S/C20H27N7O3/c28-18(25-7-9-30-10-8-25)14-24-3-5-26(6-4-24)20(29)27-2-1-16-15(13-27)11-21-19-17(16)12-22-23-19/h11-12H,1-10,13-14H2,(H,21,22,23). The number of nitrogens with one attached hydrogen (secondary N) is 1. The molecule has 2 fully saturated rings. The molecule has 10 nitrogen and oxygen atoms in total. The summed E-state index contributed by atoms with van der Waals surface area (Å²) in [6.45, 7) is 7.04. The van der Waals surface area contributed by atoms with E-state index < -0.39 is 0 Å². The fraction of sp³-hybridized carbons (Fsp3) is 0.600. The van der Waals surface area contributed by atoms with E-state index in [1.165, 1.54) is 5.56 Å². The number of morpholine rings is 1. The highest BCUT2D eigenvalue weighted by molar-refractivity contribution is 5.81. The number of nitrogens with zero attached hydrogens (tertiary/aromatic N) is 6. The number of aromatic nitrogens is 3. The van der Waals surface area contributed by atoms with E-state index in [4.69, 9.17) is 4.74 Å².